The zero-order valence-corrected chi connectivity index (χ0v) is 9.57. The van der Waals surface area contributed by atoms with E-state index in [1.165, 1.54) is 6.20 Å². The highest BCUT2D eigenvalue weighted by atomic mass is 19.4. The smallest absolute Gasteiger partial charge is 0.384 e. The second-order valence-corrected chi connectivity index (χ2v) is 3.63. The number of hydrogen-bond acceptors (Lipinski definition) is 3. The molecule has 2 aromatic rings. The van der Waals surface area contributed by atoms with Gasteiger partial charge in [-0.3, -0.25) is 4.98 Å². The Bertz CT molecular complexity index is 533. The minimum Gasteiger partial charge on any atom is -0.384 e. The highest BCUT2D eigenvalue weighted by Crippen LogP contribution is 2.29. The maximum Gasteiger partial charge on any atom is 0.419 e. The number of anilines is 1. The standard InChI is InChI=1S/C11H11F3N4/c1-2-16-9-3-10(6-15-5-9)18-7-8(4-17-18)11(12,13)14/h3-7,16H,2H2,1H3. The van der Waals surface area contributed by atoms with Crippen LogP contribution in [0.15, 0.2) is 30.9 Å². The predicted molar refractivity (Wildman–Crippen MR) is 60.5 cm³/mol. The van der Waals surface area contributed by atoms with Gasteiger partial charge in [-0.2, -0.15) is 18.3 Å². The Morgan fingerprint density at radius 3 is 2.67 bits per heavy atom. The van der Waals surface area contributed by atoms with Crippen molar-refractivity contribution in [1.82, 2.24) is 14.8 Å². The van der Waals surface area contributed by atoms with Crippen molar-refractivity contribution in [2.24, 2.45) is 0 Å². The van der Waals surface area contributed by atoms with Crippen molar-refractivity contribution < 1.29 is 13.2 Å². The van der Waals surface area contributed by atoms with Crippen LogP contribution in [0.2, 0.25) is 0 Å². The number of halogens is 3. The maximum absolute atomic E-state index is 12.4. The number of rotatable bonds is 3. The summed E-state index contributed by atoms with van der Waals surface area (Å²) in [6, 6.07) is 1.68. The first-order valence-electron chi connectivity index (χ1n) is 5.32. The molecule has 96 valence electrons. The normalized spacial score (nSPS) is 11.6. The Balaban J connectivity index is 2.31. The van der Waals surface area contributed by atoms with Gasteiger partial charge in [0.2, 0.25) is 0 Å². The first-order chi connectivity index (χ1) is 8.50. The van der Waals surface area contributed by atoms with Gasteiger partial charge in [0.25, 0.3) is 0 Å². The molecule has 0 saturated heterocycles. The number of hydrogen-bond donors (Lipinski definition) is 1. The number of nitrogens with one attached hydrogen (secondary N) is 1. The third-order valence-corrected chi connectivity index (χ3v) is 2.28. The molecule has 0 fully saturated rings. The quantitative estimate of drug-likeness (QED) is 0.918. The third kappa shape index (κ3) is 2.61. The molecule has 0 spiro atoms. The molecule has 7 heteroatoms. The zero-order valence-electron chi connectivity index (χ0n) is 9.57. The Labute approximate surface area is 101 Å². The van der Waals surface area contributed by atoms with Gasteiger partial charge in [0.15, 0.2) is 0 Å². The lowest BCUT2D eigenvalue weighted by atomic mass is 10.3. The van der Waals surface area contributed by atoms with Crippen LogP contribution in [0.1, 0.15) is 12.5 Å². The molecule has 0 atom stereocenters. The van der Waals surface area contributed by atoms with Gasteiger partial charge >= 0.3 is 6.18 Å². The van der Waals surface area contributed by atoms with Crippen LogP contribution in [-0.4, -0.2) is 21.3 Å². The van der Waals surface area contributed by atoms with Crippen LogP contribution >= 0.6 is 0 Å². The molecule has 1 N–H and O–H groups in total. The fraction of sp³-hybridized carbons (Fsp3) is 0.273. The Kier molecular flexibility index (Phi) is 3.22. The van der Waals surface area contributed by atoms with Crippen molar-refractivity contribution in [1.29, 1.82) is 0 Å². The van der Waals surface area contributed by atoms with E-state index in [0.29, 0.717) is 12.2 Å². The summed E-state index contributed by atoms with van der Waals surface area (Å²) in [6.45, 7) is 2.63. The molecule has 4 nitrogen and oxygen atoms in total. The predicted octanol–water partition coefficient (Wildman–Crippen LogP) is 2.72. The first kappa shape index (κ1) is 12.4. The van der Waals surface area contributed by atoms with Gasteiger partial charge < -0.3 is 5.32 Å². The van der Waals surface area contributed by atoms with Crippen molar-refractivity contribution in [2.45, 2.75) is 13.1 Å². The number of pyridine rings is 1. The third-order valence-electron chi connectivity index (χ3n) is 2.28. The summed E-state index contributed by atoms with van der Waals surface area (Å²) in [5, 5.41) is 6.71. The van der Waals surface area contributed by atoms with Gasteiger partial charge in [-0.25, -0.2) is 4.68 Å². The SMILES string of the molecule is CCNc1cncc(-n2cc(C(F)(F)F)cn2)c1. The zero-order chi connectivity index (χ0) is 13.2. The molecule has 18 heavy (non-hydrogen) atoms. The van der Waals surface area contributed by atoms with Crippen LogP contribution in [0, 0.1) is 0 Å². The summed E-state index contributed by atoms with van der Waals surface area (Å²) in [5.74, 6) is 0. The van der Waals surface area contributed by atoms with Crippen molar-refractivity contribution in [2.75, 3.05) is 11.9 Å². The molecule has 2 heterocycles. The molecular weight excluding hydrogens is 245 g/mol. The van der Waals surface area contributed by atoms with E-state index in [-0.39, 0.29) is 0 Å². The summed E-state index contributed by atoms with van der Waals surface area (Å²) >= 11 is 0. The van der Waals surface area contributed by atoms with Crippen LogP contribution in [0.3, 0.4) is 0 Å². The highest BCUT2D eigenvalue weighted by Gasteiger charge is 2.32. The molecular formula is C11H11F3N4. The van der Waals surface area contributed by atoms with Crippen LogP contribution in [0.4, 0.5) is 18.9 Å². The Hall–Kier alpha value is -2.05. The summed E-state index contributed by atoms with van der Waals surface area (Å²) < 4.78 is 38.5. The first-order valence-corrected chi connectivity index (χ1v) is 5.32. The van der Waals surface area contributed by atoms with Crippen LogP contribution in [0.5, 0.6) is 0 Å². The van der Waals surface area contributed by atoms with Crippen molar-refractivity contribution in [3.05, 3.63) is 36.4 Å². The van der Waals surface area contributed by atoms with Crippen LogP contribution in [0.25, 0.3) is 5.69 Å². The second-order valence-electron chi connectivity index (χ2n) is 3.63. The van der Waals surface area contributed by atoms with E-state index in [0.717, 1.165) is 22.8 Å². The van der Waals surface area contributed by atoms with Crippen LogP contribution in [-0.2, 0) is 6.18 Å². The molecule has 0 aromatic carbocycles. The van der Waals surface area contributed by atoms with Crippen molar-refractivity contribution >= 4 is 5.69 Å². The van der Waals surface area contributed by atoms with Gasteiger partial charge in [-0.1, -0.05) is 0 Å². The molecule has 0 amide bonds. The van der Waals surface area contributed by atoms with Gasteiger partial charge in [0.05, 0.1) is 35.5 Å². The Morgan fingerprint density at radius 2 is 2.06 bits per heavy atom. The van der Waals surface area contributed by atoms with Gasteiger partial charge in [-0.05, 0) is 13.0 Å². The average molecular weight is 256 g/mol. The topological polar surface area (TPSA) is 42.7 Å². The van der Waals surface area contributed by atoms with E-state index in [2.05, 4.69) is 15.4 Å². The Morgan fingerprint density at radius 1 is 1.28 bits per heavy atom. The number of aromatic nitrogens is 3. The molecule has 0 aliphatic heterocycles. The number of alkyl halides is 3. The largest absolute Gasteiger partial charge is 0.419 e. The summed E-state index contributed by atoms with van der Waals surface area (Å²) in [5.41, 5.74) is 0.430. The fourth-order valence-electron chi connectivity index (χ4n) is 1.46. The molecule has 2 aromatic heterocycles. The molecule has 0 aliphatic rings. The summed E-state index contributed by atoms with van der Waals surface area (Å²) in [4.78, 5) is 3.95. The molecule has 0 saturated carbocycles. The van der Waals surface area contributed by atoms with E-state index in [1.54, 1.807) is 12.3 Å². The van der Waals surface area contributed by atoms with E-state index in [1.807, 2.05) is 6.92 Å². The number of nitrogens with zero attached hydrogens (tertiary/aromatic N) is 3. The van der Waals surface area contributed by atoms with E-state index >= 15 is 0 Å². The van der Waals surface area contributed by atoms with Gasteiger partial charge in [0, 0.05) is 12.7 Å². The lowest BCUT2D eigenvalue weighted by Gasteiger charge is -2.05. The molecule has 0 unspecified atom stereocenters. The molecule has 2 rings (SSSR count). The van der Waals surface area contributed by atoms with Gasteiger partial charge in [0.1, 0.15) is 0 Å². The summed E-state index contributed by atoms with van der Waals surface area (Å²) in [6.07, 6.45) is 0.396. The van der Waals surface area contributed by atoms with Gasteiger partial charge in [-0.15, -0.1) is 0 Å². The van der Waals surface area contributed by atoms with Crippen molar-refractivity contribution in [3.63, 3.8) is 0 Å². The van der Waals surface area contributed by atoms with Crippen molar-refractivity contribution in [3.8, 4) is 5.69 Å². The maximum atomic E-state index is 12.4. The summed E-state index contributed by atoms with van der Waals surface area (Å²) in [7, 11) is 0. The molecule has 0 aliphatic carbocycles. The molecule has 0 radical (unpaired) electrons. The minimum atomic E-state index is -4.38. The lowest BCUT2D eigenvalue weighted by molar-refractivity contribution is -0.137. The highest BCUT2D eigenvalue weighted by molar-refractivity contribution is 5.47. The minimum absolute atomic E-state index is 0.476. The average Bonchev–Trinajstić information content (AvgIpc) is 2.78. The van der Waals surface area contributed by atoms with E-state index < -0.39 is 11.7 Å². The van der Waals surface area contributed by atoms with E-state index in [9.17, 15) is 13.2 Å². The second kappa shape index (κ2) is 4.67. The lowest BCUT2D eigenvalue weighted by Crippen LogP contribution is -2.03. The molecule has 0 bridgehead atoms. The van der Waals surface area contributed by atoms with E-state index in [4.69, 9.17) is 0 Å². The van der Waals surface area contributed by atoms with Crippen LogP contribution < -0.4 is 5.32 Å². The monoisotopic (exact) mass is 256 g/mol. The fourth-order valence-corrected chi connectivity index (χ4v) is 1.46.